The van der Waals surface area contributed by atoms with E-state index in [0.29, 0.717) is 27.2 Å². The minimum atomic E-state index is -0.318. The molecule has 1 fully saturated rings. The number of aryl methyl sites for hydroxylation is 1. The maximum absolute atomic E-state index is 12.6. The average Bonchev–Trinajstić information content (AvgIpc) is 3.37. The number of thiazole rings is 1. The van der Waals surface area contributed by atoms with Crippen LogP contribution in [0.2, 0.25) is 5.02 Å². The van der Waals surface area contributed by atoms with Gasteiger partial charge in [-0.1, -0.05) is 22.9 Å². The van der Waals surface area contributed by atoms with Crippen LogP contribution in [0.15, 0.2) is 36.4 Å². The van der Waals surface area contributed by atoms with E-state index in [2.05, 4.69) is 31.2 Å². The van der Waals surface area contributed by atoms with Gasteiger partial charge in [0, 0.05) is 30.2 Å². The predicted molar refractivity (Wildman–Crippen MR) is 142 cm³/mol. The van der Waals surface area contributed by atoms with Gasteiger partial charge in [0.2, 0.25) is 11.9 Å². The number of piperidine rings is 1. The van der Waals surface area contributed by atoms with Crippen LogP contribution in [0.1, 0.15) is 23.2 Å². The van der Waals surface area contributed by atoms with Crippen molar-refractivity contribution in [2.75, 3.05) is 25.0 Å². The van der Waals surface area contributed by atoms with Crippen LogP contribution in [-0.2, 0) is 11.8 Å². The summed E-state index contributed by atoms with van der Waals surface area (Å²) in [5.41, 5.74) is 2.84. The normalized spacial score (nSPS) is 15.5. The van der Waals surface area contributed by atoms with Crippen molar-refractivity contribution in [1.29, 1.82) is 0 Å². The molecule has 4 aromatic rings. The highest BCUT2D eigenvalue weighted by atomic mass is 35.5. The second-order valence-corrected chi connectivity index (χ2v) is 9.71. The van der Waals surface area contributed by atoms with Crippen molar-refractivity contribution in [3.8, 4) is 0 Å². The van der Waals surface area contributed by atoms with Crippen LogP contribution < -0.4 is 21.3 Å². The highest BCUT2D eigenvalue weighted by Gasteiger charge is 2.17. The second-order valence-electron chi connectivity index (χ2n) is 8.25. The number of nitrogens with zero attached hydrogens (tertiary/aromatic N) is 3. The number of amides is 2. The Labute approximate surface area is 217 Å². The smallest absolute Gasteiger partial charge is 0.251 e. The maximum Gasteiger partial charge on any atom is 0.251 e. The number of fused-ring (bicyclic) bond motifs is 2. The van der Waals surface area contributed by atoms with Crippen LogP contribution >= 0.6 is 35.3 Å². The summed E-state index contributed by atoms with van der Waals surface area (Å²) in [5.74, 6) is 0.102. The fraction of sp³-hybridized carbons (Fsp3) is 0.304. The van der Waals surface area contributed by atoms with Crippen molar-refractivity contribution < 1.29 is 9.59 Å². The zero-order valence-electron chi connectivity index (χ0n) is 18.9. The number of carbonyl (C=O) groups is 2. The number of rotatable bonds is 6. The highest BCUT2D eigenvalue weighted by molar-refractivity contribution is 7.22. The molecule has 5 rings (SSSR count). The lowest BCUT2D eigenvalue weighted by molar-refractivity contribution is -0.120. The van der Waals surface area contributed by atoms with Gasteiger partial charge >= 0.3 is 0 Å². The molecule has 35 heavy (non-hydrogen) atoms. The standard InChI is InChI=1S/C23H24ClN7O2S.ClH/c1-31-18-7-4-13(21(33)26-12-20(32)27-15-3-2-8-25-11-15)9-17(18)28-22(31)30-23-29-16-6-5-14(24)10-19(16)34-23;/h4-7,9-10,15,25H,2-3,8,11-12H2,1H3,(H,26,33)(H,27,32)(H,28,29,30);1H/t15-;/m1./s1. The van der Waals surface area contributed by atoms with Gasteiger partial charge in [-0.15, -0.1) is 12.4 Å². The zero-order valence-corrected chi connectivity index (χ0v) is 21.3. The molecule has 0 bridgehead atoms. The van der Waals surface area contributed by atoms with Crippen molar-refractivity contribution in [2.45, 2.75) is 18.9 Å². The van der Waals surface area contributed by atoms with Gasteiger partial charge in [-0.25, -0.2) is 9.97 Å². The third-order valence-electron chi connectivity index (χ3n) is 5.78. The van der Waals surface area contributed by atoms with Crippen molar-refractivity contribution >= 4 is 79.5 Å². The Kier molecular flexibility index (Phi) is 7.75. The summed E-state index contributed by atoms with van der Waals surface area (Å²) in [6, 6.07) is 11.0. The number of anilines is 2. The Morgan fingerprint density at radius 3 is 2.86 bits per heavy atom. The molecule has 2 amide bonds. The van der Waals surface area contributed by atoms with Gasteiger partial charge in [0.05, 0.1) is 27.8 Å². The molecule has 1 saturated heterocycles. The molecule has 0 spiro atoms. The lowest BCUT2D eigenvalue weighted by atomic mass is 10.1. The molecule has 0 saturated carbocycles. The number of imidazole rings is 1. The van der Waals surface area contributed by atoms with E-state index in [0.717, 1.165) is 41.7 Å². The Morgan fingerprint density at radius 1 is 1.20 bits per heavy atom. The van der Waals surface area contributed by atoms with Gasteiger partial charge in [-0.05, 0) is 55.8 Å². The van der Waals surface area contributed by atoms with Gasteiger partial charge in [0.15, 0.2) is 5.13 Å². The molecule has 4 N–H and O–H groups in total. The maximum atomic E-state index is 12.6. The number of nitrogens with one attached hydrogen (secondary N) is 4. The monoisotopic (exact) mass is 533 g/mol. The van der Waals surface area contributed by atoms with Crippen LogP contribution in [0, 0.1) is 0 Å². The van der Waals surface area contributed by atoms with Gasteiger partial charge in [-0.2, -0.15) is 0 Å². The molecule has 2 aromatic carbocycles. The number of aromatic nitrogens is 3. The zero-order chi connectivity index (χ0) is 23.7. The van der Waals surface area contributed by atoms with Gasteiger partial charge in [0.1, 0.15) is 0 Å². The summed E-state index contributed by atoms with van der Waals surface area (Å²) < 4.78 is 2.89. The molecule has 0 unspecified atom stereocenters. The van der Waals surface area contributed by atoms with Crippen molar-refractivity contribution in [3.63, 3.8) is 0 Å². The van der Waals surface area contributed by atoms with E-state index in [9.17, 15) is 9.59 Å². The van der Waals surface area contributed by atoms with Crippen molar-refractivity contribution in [3.05, 3.63) is 47.0 Å². The quantitative estimate of drug-likeness (QED) is 0.301. The van der Waals surface area contributed by atoms with E-state index in [1.165, 1.54) is 11.3 Å². The molecule has 9 nitrogen and oxygen atoms in total. The summed E-state index contributed by atoms with van der Waals surface area (Å²) in [6.07, 6.45) is 1.98. The van der Waals surface area contributed by atoms with Crippen molar-refractivity contribution in [2.24, 2.45) is 7.05 Å². The minimum absolute atomic E-state index is 0. The summed E-state index contributed by atoms with van der Waals surface area (Å²) in [5, 5.41) is 13.5. The Bertz CT molecular complexity index is 1380. The van der Waals surface area contributed by atoms with E-state index in [4.69, 9.17) is 11.6 Å². The molecule has 2 aromatic heterocycles. The lowest BCUT2D eigenvalue weighted by Gasteiger charge is -2.23. The fourth-order valence-electron chi connectivity index (χ4n) is 4.02. The molecule has 0 radical (unpaired) electrons. The Balaban J connectivity index is 0.00000289. The molecule has 1 atom stereocenters. The van der Waals surface area contributed by atoms with E-state index >= 15 is 0 Å². The summed E-state index contributed by atoms with van der Waals surface area (Å²) >= 11 is 7.56. The molecule has 3 heterocycles. The van der Waals surface area contributed by atoms with Gasteiger partial charge in [-0.3, -0.25) is 9.59 Å². The molecule has 0 aliphatic carbocycles. The molecule has 1 aliphatic heterocycles. The molecule has 12 heteroatoms. The Hall–Kier alpha value is -2.92. The molecular weight excluding hydrogens is 509 g/mol. The topological polar surface area (TPSA) is 113 Å². The highest BCUT2D eigenvalue weighted by Crippen LogP contribution is 2.31. The minimum Gasteiger partial charge on any atom is -0.351 e. The summed E-state index contributed by atoms with van der Waals surface area (Å²) in [6.45, 7) is 1.67. The van der Waals surface area contributed by atoms with Crippen LogP contribution in [0.4, 0.5) is 11.1 Å². The first-order valence-electron chi connectivity index (χ1n) is 11.0. The average molecular weight is 534 g/mol. The van der Waals surface area contributed by atoms with Gasteiger partial charge in [0.25, 0.3) is 5.91 Å². The lowest BCUT2D eigenvalue weighted by Crippen LogP contribution is -2.48. The van der Waals surface area contributed by atoms with Crippen LogP contribution in [0.5, 0.6) is 0 Å². The number of benzene rings is 2. The predicted octanol–water partition coefficient (Wildman–Crippen LogP) is 3.60. The number of carbonyl (C=O) groups excluding carboxylic acids is 2. The molecule has 1 aliphatic rings. The van der Waals surface area contributed by atoms with Crippen LogP contribution in [0.25, 0.3) is 21.3 Å². The largest absolute Gasteiger partial charge is 0.351 e. The summed E-state index contributed by atoms with van der Waals surface area (Å²) in [4.78, 5) is 34.0. The third kappa shape index (κ3) is 5.67. The van der Waals surface area contributed by atoms with Crippen LogP contribution in [-0.4, -0.2) is 52.0 Å². The first-order valence-corrected chi connectivity index (χ1v) is 12.2. The Morgan fingerprint density at radius 2 is 2.06 bits per heavy atom. The van der Waals surface area contributed by atoms with E-state index in [1.54, 1.807) is 12.1 Å². The number of hydrogen-bond acceptors (Lipinski definition) is 7. The summed E-state index contributed by atoms with van der Waals surface area (Å²) in [7, 11) is 1.89. The number of hydrogen-bond donors (Lipinski definition) is 4. The number of halogens is 2. The fourth-order valence-corrected chi connectivity index (χ4v) is 5.15. The first-order chi connectivity index (χ1) is 16.5. The van der Waals surface area contributed by atoms with E-state index in [-0.39, 0.29) is 36.8 Å². The SMILES string of the molecule is Cl.Cn1c(Nc2nc3ccc(Cl)cc3s2)nc2cc(C(=O)NCC(=O)N[C@@H]3CCCNC3)ccc21. The third-order valence-corrected chi connectivity index (χ3v) is 6.95. The van der Waals surface area contributed by atoms with Gasteiger partial charge < -0.3 is 25.8 Å². The van der Waals surface area contributed by atoms with Crippen molar-refractivity contribution in [1.82, 2.24) is 30.5 Å². The molecular formula is C23H25Cl2N7O2S. The molecule has 184 valence electrons. The van der Waals surface area contributed by atoms with E-state index < -0.39 is 0 Å². The first kappa shape index (κ1) is 25.2. The van der Waals surface area contributed by atoms with E-state index in [1.807, 2.05) is 35.9 Å². The van der Waals surface area contributed by atoms with Crippen LogP contribution in [0.3, 0.4) is 0 Å². The second kappa shape index (κ2) is 10.8.